The maximum atomic E-state index is 12.6. The van der Waals surface area contributed by atoms with Gasteiger partial charge in [0, 0.05) is 38.2 Å². The molecule has 5 heteroatoms. The number of piperidine rings is 2. The number of hydrogen-bond donors (Lipinski definition) is 1. The minimum absolute atomic E-state index is 0.103. The Balaban J connectivity index is 1.08. The lowest BCUT2D eigenvalue weighted by atomic mass is 9.90. The number of likely N-dealkylation sites (tertiary alicyclic amines) is 2. The highest BCUT2D eigenvalue weighted by molar-refractivity contribution is 5.94. The molecule has 2 aliphatic heterocycles. The Morgan fingerprint density at radius 1 is 0.788 bits per heavy atom. The molecule has 2 saturated heterocycles. The molecule has 176 valence electrons. The van der Waals surface area contributed by atoms with Crippen LogP contribution in [-0.4, -0.2) is 60.9 Å². The van der Waals surface area contributed by atoms with Gasteiger partial charge in [0.25, 0.3) is 5.91 Å². The highest BCUT2D eigenvalue weighted by Gasteiger charge is 2.25. The van der Waals surface area contributed by atoms with Crippen LogP contribution < -0.4 is 5.32 Å². The Labute approximate surface area is 198 Å². The Kier molecular flexibility index (Phi) is 8.53. The number of benzene rings is 2. The van der Waals surface area contributed by atoms with Gasteiger partial charge in [-0.3, -0.25) is 9.59 Å². The normalized spacial score (nSPS) is 18.2. The van der Waals surface area contributed by atoms with Crippen LogP contribution in [0.25, 0.3) is 0 Å². The summed E-state index contributed by atoms with van der Waals surface area (Å²) in [5.74, 6) is 1.41. The van der Waals surface area contributed by atoms with Crippen LogP contribution in [0.4, 0.5) is 0 Å². The molecule has 0 aliphatic carbocycles. The summed E-state index contributed by atoms with van der Waals surface area (Å²) in [6.45, 7) is 5.40. The standard InChI is InChI=1S/C28H37N3O2/c32-27(22-25-13-18-31(19-14-25)28(33)26-9-5-2-6-10-26)29-15-20-30-16-11-24(12-17-30)21-23-7-3-1-4-8-23/h1-10,24-25H,11-22H2,(H,29,32). The Bertz CT molecular complexity index is 871. The lowest BCUT2D eigenvalue weighted by Crippen LogP contribution is -2.41. The molecule has 1 N–H and O–H groups in total. The van der Waals surface area contributed by atoms with Gasteiger partial charge >= 0.3 is 0 Å². The van der Waals surface area contributed by atoms with Crippen molar-refractivity contribution in [2.24, 2.45) is 11.8 Å². The molecule has 2 aromatic rings. The van der Waals surface area contributed by atoms with Crippen molar-refractivity contribution in [3.8, 4) is 0 Å². The zero-order valence-electron chi connectivity index (χ0n) is 19.6. The Morgan fingerprint density at radius 2 is 1.39 bits per heavy atom. The van der Waals surface area contributed by atoms with Crippen molar-refractivity contribution in [2.75, 3.05) is 39.3 Å². The van der Waals surface area contributed by atoms with Crippen molar-refractivity contribution >= 4 is 11.8 Å². The average molecular weight is 448 g/mol. The number of amides is 2. The maximum Gasteiger partial charge on any atom is 0.253 e. The van der Waals surface area contributed by atoms with Crippen LogP contribution in [0.2, 0.25) is 0 Å². The Hall–Kier alpha value is -2.66. The summed E-state index contributed by atoms with van der Waals surface area (Å²) < 4.78 is 0. The van der Waals surface area contributed by atoms with Crippen molar-refractivity contribution in [3.63, 3.8) is 0 Å². The van der Waals surface area contributed by atoms with E-state index in [9.17, 15) is 9.59 Å². The van der Waals surface area contributed by atoms with E-state index >= 15 is 0 Å². The molecule has 0 unspecified atom stereocenters. The summed E-state index contributed by atoms with van der Waals surface area (Å²) >= 11 is 0. The second kappa shape index (κ2) is 12.0. The molecule has 0 radical (unpaired) electrons. The minimum atomic E-state index is 0.103. The van der Waals surface area contributed by atoms with Gasteiger partial charge in [-0.25, -0.2) is 0 Å². The van der Waals surface area contributed by atoms with Gasteiger partial charge in [0.15, 0.2) is 0 Å². The van der Waals surface area contributed by atoms with E-state index in [-0.39, 0.29) is 11.8 Å². The third kappa shape index (κ3) is 7.16. The first kappa shape index (κ1) is 23.5. The molecule has 2 amide bonds. The second-order valence-corrected chi connectivity index (χ2v) is 9.63. The lowest BCUT2D eigenvalue weighted by molar-refractivity contribution is -0.122. The predicted octanol–water partition coefficient (Wildman–Crippen LogP) is 4.00. The number of nitrogens with zero attached hydrogens (tertiary/aromatic N) is 2. The molecule has 33 heavy (non-hydrogen) atoms. The zero-order chi connectivity index (χ0) is 22.9. The molecule has 0 aromatic heterocycles. The highest BCUT2D eigenvalue weighted by Crippen LogP contribution is 2.23. The number of rotatable bonds is 8. The number of carbonyl (C=O) groups excluding carboxylic acids is 2. The van der Waals surface area contributed by atoms with Crippen molar-refractivity contribution in [2.45, 2.75) is 38.5 Å². The second-order valence-electron chi connectivity index (χ2n) is 9.63. The van der Waals surface area contributed by atoms with Crippen molar-refractivity contribution < 1.29 is 9.59 Å². The summed E-state index contributed by atoms with van der Waals surface area (Å²) in [6, 6.07) is 20.3. The Morgan fingerprint density at radius 3 is 2.06 bits per heavy atom. The van der Waals surface area contributed by atoms with Crippen LogP contribution in [0.15, 0.2) is 60.7 Å². The quantitative estimate of drug-likeness (QED) is 0.666. The molecule has 0 bridgehead atoms. The minimum Gasteiger partial charge on any atom is -0.355 e. The maximum absolute atomic E-state index is 12.6. The first-order chi connectivity index (χ1) is 16.2. The highest BCUT2D eigenvalue weighted by atomic mass is 16.2. The number of hydrogen-bond acceptors (Lipinski definition) is 3. The van der Waals surface area contributed by atoms with Crippen LogP contribution in [-0.2, 0) is 11.2 Å². The number of nitrogens with one attached hydrogen (secondary N) is 1. The molecule has 0 spiro atoms. The molecule has 2 heterocycles. The van der Waals surface area contributed by atoms with Crippen LogP contribution in [0.3, 0.4) is 0 Å². The molecule has 5 nitrogen and oxygen atoms in total. The van der Waals surface area contributed by atoms with Gasteiger partial charge in [-0.2, -0.15) is 0 Å². The van der Waals surface area contributed by atoms with E-state index in [0.29, 0.717) is 12.3 Å². The van der Waals surface area contributed by atoms with E-state index in [0.717, 1.165) is 63.6 Å². The summed E-state index contributed by atoms with van der Waals surface area (Å²) in [6.07, 6.45) is 6.04. The van der Waals surface area contributed by atoms with Crippen molar-refractivity contribution in [1.82, 2.24) is 15.1 Å². The molecule has 4 rings (SSSR count). The third-order valence-electron chi connectivity index (χ3n) is 7.22. The average Bonchev–Trinajstić information content (AvgIpc) is 2.86. The first-order valence-corrected chi connectivity index (χ1v) is 12.5. The van der Waals surface area contributed by atoms with Crippen LogP contribution >= 0.6 is 0 Å². The van der Waals surface area contributed by atoms with E-state index in [1.165, 1.54) is 24.8 Å². The molecule has 2 aromatic carbocycles. The van der Waals surface area contributed by atoms with Crippen LogP contribution in [0.1, 0.15) is 48.0 Å². The van der Waals surface area contributed by atoms with Crippen LogP contribution in [0, 0.1) is 11.8 Å². The fraction of sp³-hybridized carbons (Fsp3) is 0.500. The van der Waals surface area contributed by atoms with Gasteiger partial charge in [0.1, 0.15) is 0 Å². The zero-order valence-corrected chi connectivity index (χ0v) is 19.6. The summed E-state index contributed by atoms with van der Waals surface area (Å²) in [5.41, 5.74) is 2.19. The summed E-state index contributed by atoms with van der Waals surface area (Å²) in [5, 5.41) is 3.13. The predicted molar refractivity (Wildman–Crippen MR) is 132 cm³/mol. The van der Waals surface area contributed by atoms with E-state index in [4.69, 9.17) is 0 Å². The fourth-order valence-electron chi connectivity index (χ4n) is 5.15. The number of carbonyl (C=O) groups is 2. The van der Waals surface area contributed by atoms with E-state index in [1.807, 2.05) is 35.2 Å². The summed E-state index contributed by atoms with van der Waals surface area (Å²) in [7, 11) is 0. The first-order valence-electron chi connectivity index (χ1n) is 12.5. The topological polar surface area (TPSA) is 52.7 Å². The smallest absolute Gasteiger partial charge is 0.253 e. The molecular formula is C28H37N3O2. The van der Waals surface area contributed by atoms with E-state index in [2.05, 4.69) is 40.5 Å². The monoisotopic (exact) mass is 447 g/mol. The fourth-order valence-corrected chi connectivity index (χ4v) is 5.15. The van der Waals surface area contributed by atoms with Crippen molar-refractivity contribution in [3.05, 3.63) is 71.8 Å². The van der Waals surface area contributed by atoms with Gasteiger partial charge in [0.2, 0.25) is 5.91 Å². The molecule has 2 aliphatic rings. The molecule has 2 fully saturated rings. The lowest BCUT2D eigenvalue weighted by Gasteiger charge is -2.32. The van der Waals surface area contributed by atoms with E-state index < -0.39 is 0 Å². The third-order valence-corrected chi connectivity index (χ3v) is 7.22. The molecular weight excluding hydrogens is 410 g/mol. The van der Waals surface area contributed by atoms with E-state index in [1.54, 1.807) is 0 Å². The van der Waals surface area contributed by atoms with Crippen LogP contribution in [0.5, 0.6) is 0 Å². The SMILES string of the molecule is O=C(CC1CCN(C(=O)c2ccccc2)CC1)NCCN1CCC(Cc2ccccc2)CC1. The largest absolute Gasteiger partial charge is 0.355 e. The molecule has 0 atom stereocenters. The van der Waals surface area contributed by atoms with Gasteiger partial charge in [0.05, 0.1) is 0 Å². The van der Waals surface area contributed by atoms with Gasteiger partial charge in [-0.1, -0.05) is 48.5 Å². The summed E-state index contributed by atoms with van der Waals surface area (Å²) in [4.78, 5) is 29.4. The van der Waals surface area contributed by atoms with Gasteiger partial charge in [-0.05, 0) is 74.7 Å². The van der Waals surface area contributed by atoms with Crippen molar-refractivity contribution in [1.29, 1.82) is 0 Å². The van der Waals surface area contributed by atoms with Gasteiger partial charge < -0.3 is 15.1 Å². The molecule has 0 saturated carbocycles. The van der Waals surface area contributed by atoms with Gasteiger partial charge in [-0.15, -0.1) is 0 Å².